The summed E-state index contributed by atoms with van der Waals surface area (Å²) < 4.78 is 4.53. The average molecular weight is 342 g/mol. The summed E-state index contributed by atoms with van der Waals surface area (Å²) in [6.07, 6.45) is 4.49. The molecule has 2 aromatic rings. The van der Waals surface area contributed by atoms with Crippen molar-refractivity contribution in [3.63, 3.8) is 0 Å². The van der Waals surface area contributed by atoms with E-state index in [1.807, 2.05) is 4.90 Å². The second kappa shape index (κ2) is 6.76. The Morgan fingerprint density at radius 1 is 1.52 bits per heavy atom. The minimum atomic E-state index is -0.510. The average Bonchev–Trinajstić information content (AvgIpc) is 3.08. The van der Waals surface area contributed by atoms with Gasteiger partial charge in [0.25, 0.3) is 5.69 Å². The van der Waals surface area contributed by atoms with E-state index in [2.05, 4.69) is 21.9 Å². The Hall–Kier alpha value is -3.16. The summed E-state index contributed by atoms with van der Waals surface area (Å²) in [5, 5.41) is 18.6. The lowest BCUT2D eigenvalue weighted by Gasteiger charge is -2.32. The van der Waals surface area contributed by atoms with Crippen LogP contribution in [0, 0.1) is 10.1 Å². The van der Waals surface area contributed by atoms with E-state index < -0.39 is 10.9 Å². The molecule has 0 saturated carbocycles. The molecule has 8 nitrogen and oxygen atoms in total. The number of hydrogen-bond donors (Lipinski definition) is 1. The van der Waals surface area contributed by atoms with Gasteiger partial charge in [-0.3, -0.25) is 15.2 Å². The van der Waals surface area contributed by atoms with Gasteiger partial charge in [0.2, 0.25) is 0 Å². The molecule has 0 spiro atoms. The molecule has 0 amide bonds. The Labute approximate surface area is 144 Å². The Balaban J connectivity index is 1.93. The fourth-order valence-electron chi connectivity index (χ4n) is 3.04. The van der Waals surface area contributed by atoms with E-state index in [9.17, 15) is 14.9 Å². The maximum atomic E-state index is 11.5. The van der Waals surface area contributed by atoms with Crippen LogP contribution in [-0.2, 0) is 16.1 Å². The van der Waals surface area contributed by atoms with Crippen molar-refractivity contribution in [2.45, 2.75) is 19.4 Å². The number of fused-ring (bicyclic) bond motifs is 1. The van der Waals surface area contributed by atoms with Crippen LogP contribution in [-0.4, -0.2) is 34.7 Å². The van der Waals surface area contributed by atoms with Crippen molar-refractivity contribution in [3.05, 3.63) is 57.4 Å². The molecular weight excluding hydrogens is 324 g/mol. The van der Waals surface area contributed by atoms with Crippen molar-refractivity contribution < 1.29 is 14.5 Å². The van der Waals surface area contributed by atoms with Crippen LogP contribution in [0.1, 0.15) is 29.7 Å². The van der Waals surface area contributed by atoms with E-state index in [1.165, 1.54) is 25.3 Å². The number of methoxy groups -OCH3 is 1. The molecule has 0 aliphatic carbocycles. The number of aromatic amines is 1. The number of nitrogens with one attached hydrogen (secondary N) is 1. The molecule has 1 atom stereocenters. The normalized spacial score (nSPS) is 16.7. The van der Waals surface area contributed by atoms with Crippen LogP contribution in [0.15, 0.2) is 30.5 Å². The number of ether oxygens (including phenoxy) is 1. The van der Waals surface area contributed by atoms with Gasteiger partial charge in [0.15, 0.2) is 0 Å². The van der Waals surface area contributed by atoms with Crippen LogP contribution >= 0.6 is 0 Å². The zero-order valence-corrected chi connectivity index (χ0v) is 13.9. The topological polar surface area (TPSA) is 101 Å². The van der Waals surface area contributed by atoms with Crippen LogP contribution in [0.25, 0.3) is 6.08 Å². The number of H-pyrrole nitrogens is 1. The van der Waals surface area contributed by atoms with Gasteiger partial charge in [0.1, 0.15) is 5.69 Å². The molecule has 1 N–H and O–H groups in total. The summed E-state index contributed by atoms with van der Waals surface area (Å²) in [6, 6.07) is 4.93. The summed E-state index contributed by atoms with van der Waals surface area (Å²) in [7, 11) is 1.28. The van der Waals surface area contributed by atoms with Crippen LogP contribution in [0.2, 0.25) is 0 Å². The molecule has 0 saturated heterocycles. The van der Waals surface area contributed by atoms with Crippen LogP contribution < -0.4 is 4.90 Å². The molecule has 2 heterocycles. The van der Waals surface area contributed by atoms with Crippen molar-refractivity contribution in [1.82, 2.24) is 10.2 Å². The van der Waals surface area contributed by atoms with Gasteiger partial charge < -0.3 is 9.64 Å². The largest absolute Gasteiger partial charge is 0.466 e. The molecule has 130 valence electrons. The maximum Gasteiger partial charge on any atom is 0.330 e. The molecule has 25 heavy (non-hydrogen) atoms. The van der Waals surface area contributed by atoms with Gasteiger partial charge >= 0.3 is 5.97 Å². The van der Waals surface area contributed by atoms with Crippen molar-refractivity contribution in [1.29, 1.82) is 0 Å². The van der Waals surface area contributed by atoms with Gasteiger partial charge in [-0.2, -0.15) is 5.10 Å². The minimum absolute atomic E-state index is 0.00570. The number of benzene rings is 1. The molecule has 8 heteroatoms. The lowest BCUT2D eigenvalue weighted by Crippen LogP contribution is -2.32. The number of nitro benzene ring substituents is 1. The second-order valence-electron chi connectivity index (χ2n) is 5.95. The lowest BCUT2D eigenvalue weighted by atomic mass is 9.97. The fourth-order valence-corrected chi connectivity index (χ4v) is 3.04. The van der Waals surface area contributed by atoms with Crippen LogP contribution in [0.3, 0.4) is 0 Å². The molecule has 1 aliphatic rings. The van der Waals surface area contributed by atoms with Crippen LogP contribution in [0.5, 0.6) is 0 Å². The third-order valence-electron chi connectivity index (χ3n) is 4.25. The number of nitrogens with zero attached hydrogens (tertiary/aromatic N) is 3. The molecule has 3 rings (SSSR count). The Bertz CT molecular complexity index is 843. The third kappa shape index (κ3) is 3.37. The summed E-state index contributed by atoms with van der Waals surface area (Å²) >= 11 is 0. The zero-order chi connectivity index (χ0) is 18.0. The van der Waals surface area contributed by atoms with Crippen molar-refractivity contribution in [2.24, 2.45) is 0 Å². The molecule has 0 fully saturated rings. The van der Waals surface area contributed by atoms with E-state index in [-0.39, 0.29) is 11.6 Å². The second-order valence-corrected chi connectivity index (χ2v) is 5.95. The van der Waals surface area contributed by atoms with E-state index in [0.717, 1.165) is 11.3 Å². The third-order valence-corrected chi connectivity index (χ3v) is 4.25. The predicted molar refractivity (Wildman–Crippen MR) is 92.2 cm³/mol. The Morgan fingerprint density at radius 3 is 3.04 bits per heavy atom. The zero-order valence-electron chi connectivity index (χ0n) is 13.9. The first-order valence-electron chi connectivity index (χ1n) is 7.81. The highest BCUT2D eigenvalue weighted by Crippen LogP contribution is 2.35. The first kappa shape index (κ1) is 16.7. The van der Waals surface area contributed by atoms with Crippen molar-refractivity contribution in [3.8, 4) is 0 Å². The molecule has 0 bridgehead atoms. The molecule has 1 aromatic carbocycles. The minimum Gasteiger partial charge on any atom is -0.466 e. The molecular formula is C17H18N4O4. The Morgan fingerprint density at radius 2 is 2.32 bits per heavy atom. The summed E-state index contributed by atoms with van der Waals surface area (Å²) in [6.45, 7) is 3.28. The molecule has 0 unspecified atom stereocenters. The molecule has 0 radical (unpaired) electrons. The standard InChI is InChI=1S/C17H18N4O4/c1-11-9-20(10-13-8-18-19-17(11)13)14-5-3-12(4-6-16(22)25-2)7-15(14)21(23)24/h3-8,11H,9-10H2,1-2H3,(H,18,19)/b6-4+/t11-/m0/s1. The van der Waals surface area contributed by atoms with Gasteiger partial charge in [-0.25, -0.2) is 4.79 Å². The van der Waals surface area contributed by atoms with Gasteiger partial charge in [-0.15, -0.1) is 0 Å². The number of carbonyl (C=O) groups is 1. The van der Waals surface area contributed by atoms with Gasteiger partial charge in [0.05, 0.1) is 18.2 Å². The molecule has 1 aromatic heterocycles. The highest BCUT2D eigenvalue weighted by molar-refractivity contribution is 5.87. The van der Waals surface area contributed by atoms with Crippen LogP contribution in [0.4, 0.5) is 11.4 Å². The number of carbonyl (C=O) groups excluding carboxylic acids is 1. The van der Waals surface area contributed by atoms with Gasteiger partial charge in [-0.05, 0) is 17.7 Å². The first-order valence-corrected chi connectivity index (χ1v) is 7.81. The van der Waals surface area contributed by atoms with Crippen molar-refractivity contribution >= 4 is 23.4 Å². The number of esters is 1. The number of hydrogen-bond acceptors (Lipinski definition) is 6. The first-order chi connectivity index (χ1) is 12.0. The summed E-state index contributed by atoms with van der Waals surface area (Å²) in [5.74, 6) is -0.311. The van der Waals surface area contributed by atoms with E-state index in [1.54, 1.807) is 18.3 Å². The van der Waals surface area contributed by atoms with E-state index >= 15 is 0 Å². The van der Waals surface area contributed by atoms with E-state index in [0.29, 0.717) is 24.3 Å². The smallest absolute Gasteiger partial charge is 0.330 e. The van der Waals surface area contributed by atoms with Gasteiger partial charge in [0, 0.05) is 42.4 Å². The number of aromatic nitrogens is 2. The number of rotatable bonds is 4. The van der Waals surface area contributed by atoms with E-state index in [4.69, 9.17) is 0 Å². The number of nitro groups is 1. The fraction of sp³-hybridized carbons (Fsp3) is 0.294. The number of anilines is 1. The lowest BCUT2D eigenvalue weighted by molar-refractivity contribution is -0.384. The summed E-state index contributed by atoms with van der Waals surface area (Å²) in [5.41, 5.74) is 3.25. The van der Waals surface area contributed by atoms with Crippen molar-refractivity contribution in [2.75, 3.05) is 18.6 Å². The molecule has 1 aliphatic heterocycles. The highest BCUT2D eigenvalue weighted by Gasteiger charge is 2.28. The highest BCUT2D eigenvalue weighted by atomic mass is 16.6. The SMILES string of the molecule is COC(=O)/C=C/c1ccc(N2Cc3cn[nH]c3[C@@H](C)C2)c([N+](=O)[O-])c1. The monoisotopic (exact) mass is 342 g/mol. The maximum absolute atomic E-state index is 11.5. The summed E-state index contributed by atoms with van der Waals surface area (Å²) in [4.78, 5) is 24.3. The quantitative estimate of drug-likeness (QED) is 0.397. The van der Waals surface area contributed by atoms with Gasteiger partial charge in [-0.1, -0.05) is 13.0 Å². The Kier molecular flexibility index (Phi) is 4.51. The predicted octanol–water partition coefficient (Wildman–Crippen LogP) is 2.63.